The van der Waals surface area contributed by atoms with Gasteiger partial charge >= 0.3 is 0 Å². The zero-order valence-electron chi connectivity index (χ0n) is 10.3. The maximum atomic E-state index is 12.5. The fourth-order valence-electron chi connectivity index (χ4n) is 1.98. The van der Waals surface area contributed by atoms with E-state index in [1.807, 2.05) is 19.9 Å². The number of hydrogen-bond acceptors (Lipinski definition) is 3. The summed E-state index contributed by atoms with van der Waals surface area (Å²) in [4.78, 5) is 0.360. The number of aryl methyl sites for hydroxylation is 1. The minimum atomic E-state index is -3.47. The van der Waals surface area contributed by atoms with E-state index in [2.05, 4.69) is 0 Å². The van der Waals surface area contributed by atoms with E-state index in [0.717, 1.165) is 5.56 Å². The third-order valence-corrected chi connectivity index (χ3v) is 5.19. The molecule has 0 aromatic heterocycles. The molecule has 1 aliphatic rings. The number of rotatable bonds is 2. The summed E-state index contributed by atoms with van der Waals surface area (Å²) in [5, 5.41) is 0. The highest BCUT2D eigenvalue weighted by atomic mass is 32.2. The zero-order valence-corrected chi connectivity index (χ0v) is 11.1. The predicted octanol–water partition coefficient (Wildman–Crippen LogP) is 1.75. The quantitative estimate of drug-likeness (QED) is 0.809. The van der Waals surface area contributed by atoms with Crippen LogP contribution in [0.15, 0.2) is 29.2 Å². The summed E-state index contributed by atoms with van der Waals surface area (Å²) in [6.07, 6.45) is 0. The molecule has 1 aromatic carbocycles. The Kier molecular flexibility index (Phi) is 3.01. The molecule has 1 saturated heterocycles. The van der Waals surface area contributed by atoms with E-state index in [1.54, 1.807) is 25.1 Å². The highest BCUT2D eigenvalue weighted by Gasteiger charge is 2.42. The van der Waals surface area contributed by atoms with Crippen molar-refractivity contribution >= 4 is 10.0 Å². The molecule has 94 valence electrons. The zero-order chi connectivity index (χ0) is 12.7. The van der Waals surface area contributed by atoms with Crippen LogP contribution in [0.2, 0.25) is 0 Å². The van der Waals surface area contributed by atoms with Gasteiger partial charge in [-0.2, -0.15) is 4.31 Å². The van der Waals surface area contributed by atoms with E-state index in [-0.39, 0.29) is 6.73 Å². The van der Waals surface area contributed by atoms with Gasteiger partial charge in [0.05, 0.1) is 17.0 Å². The van der Waals surface area contributed by atoms with Crippen LogP contribution >= 0.6 is 0 Å². The number of benzene rings is 1. The van der Waals surface area contributed by atoms with Crippen LogP contribution in [-0.4, -0.2) is 31.6 Å². The van der Waals surface area contributed by atoms with Gasteiger partial charge in [0.15, 0.2) is 0 Å². The number of sulfonamides is 1. The average molecular weight is 255 g/mol. The van der Waals surface area contributed by atoms with Crippen molar-refractivity contribution in [2.45, 2.75) is 31.2 Å². The van der Waals surface area contributed by atoms with Crippen LogP contribution in [0, 0.1) is 6.92 Å². The molecule has 0 spiro atoms. The van der Waals surface area contributed by atoms with Gasteiger partial charge in [-0.15, -0.1) is 0 Å². The van der Waals surface area contributed by atoms with Crippen molar-refractivity contribution in [3.8, 4) is 0 Å². The van der Waals surface area contributed by atoms with Crippen molar-refractivity contribution < 1.29 is 13.2 Å². The van der Waals surface area contributed by atoms with Gasteiger partial charge < -0.3 is 4.74 Å². The van der Waals surface area contributed by atoms with Crippen molar-refractivity contribution in [1.29, 1.82) is 0 Å². The van der Waals surface area contributed by atoms with Gasteiger partial charge in [0.25, 0.3) is 0 Å². The molecule has 17 heavy (non-hydrogen) atoms. The molecule has 4 nitrogen and oxygen atoms in total. The van der Waals surface area contributed by atoms with Gasteiger partial charge in [-0.05, 0) is 32.4 Å². The summed E-state index contributed by atoms with van der Waals surface area (Å²) in [5.74, 6) is 0. The normalized spacial score (nSPS) is 20.6. The van der Waals surface area contributed by atoms with Gasteiger partial charge in [-0.25, -0.2) is 8.42 Å². The molecule has 0 unspecified atom stereocenters. The van der Waals surface area contributed by atoms with Gasteiger partial charge in [0.1, 0.15) is 6.73 Å². The fourth-order valence-corrected chi connectivity index (χ4v) is 3.86. The predicted molar refractivity (Wildman–Crippen MR) is 65.1 cm³/mol. The highest BCUT2D eigenvalue weighted by molar-refractivity contribution is 7.89. The molecule has 1 aliphatic heterocycles. The van der Waals surface area contributed by atoms with Crippen LogP contribution in [0.25, 0.3) is 0 Å². The number of hydrogen-bond donors (Lipinski definition) is 0. The van der Waals surface area contributed by atoms with Crippen LogP contribution in [0.5, 0.6) is 0 Å². The molecule has 0 atom stereocenters. The summed E-state index contributed by atoms with van der Waals surface area (Å²) < 4.78 is 31.7. The van der Waals surface area contributed by atoms with Crippen LogP contribution in [0.3, 0.4) is 0 Å². The lowest BCUT2D eigenvalue weighted by Gasteiger charge is -2.28. The molecular formula is C12H17NO3S. The monoisotopic (exact) mass is 255 g/mol. The molecule has 0 N–H and O–H groups in total. The van der Waals surface area contributed by atoms with Crippen molar-refractivity contribution in [2.75, 3.05) is 13.3 Å². The SMILES string of the molecule is Cc1ccccc1S(=O)(=O)N1COCC1(C)C. The molecule has 2 rings (SSSR count). The van der Waals surface area contributed by atoms with Crippen LogP contribution < -0.4 is 0 Å². The first kappa shape index (κ1) is 12.5. The first-order chi connectivity index (χ1) is 7.86. The average Bonchev–Trinajstić information content (AvgIpc) is 2.59. The van der Waals surface area contributed by atoms with Crippen molar-refractivity contribution in [3.63, 3.8) is 0 Å². The minimum absolute atomic E-state index is 0.129. The van der Waals surface area contributed by atoms with E-state index in [4.69, 9.17) is 4.74 Å². The maximum absolute atomic E-state index is 12.5. The van der Waals surface area contributed by atoms with Gasteiger partial charge in [-0.3, -0.25) is 0 Å². The van der Waals surface area contributed by atoms with Gasteiger partial charge in [0.2, 0.25) is 10.0 Å². The Hall–Kier alpha value is -0.910. The second-order valence-corrected chi connectivity index (χ2v) is 6.74. The lowest BCUT2D eigenvalue weighted by atomic mass is 10.1. The summed E-state index contributed by atoms with van der Waals surface area (Å²) in [5.41, 5.74) is 0.274. The lowest BCUT2D eigenvalue weighted by molar-refractivity contribution is 0.171. The summed E-state index contributed by atoms with van der Waals surface area (Å²) >= 11 is 0. The van der Waals surface area contributed by atoms with Crippen LogP contribution in [0.1, 0.15) is 19.4 Å². The first-order valence-electron chi connectivity index (χ1n) is 5.52. The van der Waals surface area contributed by atoms with Crippen LogP contribution in [0.4, 0.5) is 0 Å². The van der Waals surface area contributed by atoms with E-state index in [1.165, 1.54) is 4.31 Å². The second-order valence-electron chi connectivity index (χ2n) is 4.91. The Morgan fingerprint density at radius 3 is 2.47 bits per heavy atom. The van der Waals surface area contributed by atoms with Gasteiger partial charge in [-0.1, -0.05) is 18.2 Å². The highest BCUT2D eigenvalue weighted by Crippen LogP contribution is 2.30. The van der Waals surface area contributed by atoms with E-state index >= 15 is 0 Å². The Morgan fingerprint density at radius 1 is 1.29 bits per heavy atom. The molecule has 0 radical (unpaired) electrons. The maximum Gasteiger partial charge on any atom is 0.245 e. The number of ether oxygens (including phenoxy) is 1. The Labute approximate surface area is 102 Å². The molecule has 1 heterocycles. The molecule has 0 amide bonds. The van der Waals surface area contributed by atoms with Crippen molar-refractivity contribution in [3.05, 3.63) is 29.8 Å². The molecule has 5 heteroatoms. The third-order valence-electron chi connectivity index (χ3n) is 3.00. The summed E-state index contributed by atoms with van der Waals surface area (Å²) in [6, 6.07) is 7.01. The standard InChI is InChI=1S/C12H17NO3S/c1-10-6-4-5-7-11(10)17(14,15)13-9-16-8-12(13,2)3/h4-7H,8-9H2,1-3H3. The summed E-state index contributed by atoms with van der Waals surface area (Å²) in [7, 11) is -3.47. The number of nitrogens with zero attached hydrogens (tertiary/aromatic N) is 1. The third kappa shape index (κ3) is 2.10. The topological polar surface area (TPSA) is 46.6 Å². The molecule has 0 bridgehead atoms. The first-order valence-corrected chi connectivity index (χ1v) is 6.96. The second kappa shape index (κ2) is 4.08. The molecule has 0 aliphatic carbocycles. The minimum Gasteiger partial charge on any atom is -0.363 e. The Balaban J connectivity index is 2.48. The largest absolute Gasteiger partial charge is 0.363 e. The lowest BCUT2D eigenvalue weighted by Crippen LogP contribution is -2.44. The van der Waals surface area contributed by atoms with Gasteiger partial charge in [0, 0.05) is 0 Å². The van der Waals surface area contributed by atoms with Crippen molar-refractivity contribution in [2.24, 2.45) is 0 Å². The van der Waals surface area contributed by atoms with Crippen LogP contribution in [-0.2, 0) is 14.8 Å². The van der Waals surface area contributed by atoms with E-state index < -0.39 is 15.6 Å². The molecule has 0 saturated carbocycles. The summed E-state index contributed by atoms with van der Waals surface area (Å²) in [6.45, 7) is 6.10. The molecule has 1 fully saturated rings. The fraction of sp³-hybridized carbons (Fsp3) is 0.500. The Morgan fingerprint density at radius 2 is 1.94 bits per heavy atom. The Bertz CT molecular complexity index is 522. The van der Waals surface area contributed by atoms with Crippen molar-refractivity contribution in [1.82, 2.24) is 4.31 Å². The van der Waals surface area contributed by atoms with E-state index in [0.29, 0.717) is 11.5 Å². The molecule has 1 aromatic rings. The smallest absolute Gasteiger partial charge is 0.245 e. The van der Waals surface area contributed by atoms with E-state index in [9.17, 15) is 8.42 Å². The molecular weight excluding hydrogens is 238 g/mol.